The predicted molar refractivity (Wildman–Crippen MR) is 412 cm³/mol. The smallest absolute Gasteiger partial charge is 0.409 e. The summed E-state index contributed by atoms with van der Waals surface area (Å²) in [5.74, 6) is -1.86. The molecule has 0 N–H and O–H groups in total. The van der Waals surface area contributed by atoms with Crippen LogP contribution in [0.15, 0.2) is 48.9 Å². The van der Waals surface area contributed by atoms with Crippen molar-refractivity contribution in [2.75, 3.05) is 163 Å². The topological polar surface area (TPSA) is 282 Å². The fraction of sp³-hybridized carbons (Fsp3) is 0.608. The fourth-order valence-corrected chi connectivity index (χ4v) is 11.5. The zero-order valence-electron chi connectivity index (χ0n) is 69.1. The van der Waals surface area contributed by atoms with Gasteiger partial charge in [-0.15, -0.1) is 0 Å². The first kappa shape index (κ1) is 92.4. The molecule has 0 bridgehead atoms. The molecule has 29 nitrogen and oxygen atoms in total. The van der Waals surface area contributed by atoms with Gasteiger partial charge in [-0.3, -0.25) is 28.8 Å². The highest BCUT2D eigenvalue weighted by molar-refractivity contribution is 5.98. The van der Waals surface area contributed by atoms with Crippen LogP contribution in [-0.4, -0.2) is 288 Å². The second kappa shape index (κ2) is 43.8. The Morgan fingerprint density at radius 2 is 0.463 bits per heavy atom. The molecule has 0 aliphatic heterocycles. The maximum Gasteiger partial charge on any atom is 0.409 e. The molecule has 0 radical (unpaired) electrons. The molecule has 0 saturated carbocycles. The van der Waals surface area contributed by atoms with Crippen LogP contribution in [0.3, 0.4) is 0 Å². The molecule has 0 heterocycles. The second-order valence-electron chi connectivity index (χ2n) is 29.7. The van der Waals surface area contributed by atoms with Crippen LogP contribution in [0.25, 0.3) is 0 Å². The molecule has 602 valence electrons. The number of ether oxygens (including phenoxy) is 6. The van der Waals surface area contributed by atoms with Crippen LogP contribution < -0.4 is 0 Å². The van der Waals surface area contributed by atoms with Gasteiger partial charge in [0.1, 0.15) is 39.6 Å². The van der Waals surface area contributed by atoms with E-state index in [2.05, 4.69) is 6.58 Å². The van der Waals surface area contributed by atoms with Gasteiger partial charge in [-0.1, -0.05) is 122 Å². The van der Waals surface area contributed by atoms with Gasteiger partial charge in [0.25, 0.3) is 11.8 Å². The minimum Gasteiger partial charge on any atom is -0.475 e. The number of carbonyl (C=O) groups is 11. The van der Waals surface area contributed by atoms with E-state index in [4.69, 9.17) is 28.4 Å². The van der Waals surface area contributed by atoms with E-state index in [-0.39, 0.29) is 169 Å². The van der Waals surface area contributed by atoms with Crippen LogP contribution in [0.4, 0.5) is 24.0 Å². The van der Waals surface area contributed by atoms with E-state index in [0.29, 0.717) is 57.9 Å². The zero-order chi connectivity index (χ0) is 81.9. The molecule has 0 fully saturated rings. The van der Waals surface area contributed by atoms with E-state index >= 15 is 0 Å². The van der Waals surface area contributed by atoms with Crippen molar-refractivity contribution in [2.24, 2.45) is 23.7 Å². The van der Waals surface area contributed by atoms with Gasteiger partial charge in [-0.2, -0.15) is 0 Å². The lowest BCUT2D eigenvalue weighted by Crippen LogP contribution is -2.39. The van der Waals surface area contributed by atoms with Crippen molar-refractivity contribution < 1.29 is 81.2 Å². The Bertz CT molecular complexity index is 3250. The number of aryl methyl sites for hydroxylation is 3. The van der Waals surface area contributed by atoms with Crippen molar-refractivity contribution in [3.63, 3.8) is 0 Å². The molecular weight excluding hydrogens is 1390 g/mol. The Balaban J connectivity index is 1.81. The molecule has 3 aromatic rings. The van der Waals surface area contributed by atoms with E-state index in [1.165, 1.54) is 65.2 Å². The third-order valence-corrected chi connectivity index (χ3v) is 18.3. The lowest BCUT2D eigenvalue weighted by atomic mass is 9.91. The molecule has 0 unspecified atom stereocenters. The third kappa shape index (κ3) is 28.7. The van der Waals surface area contributed by atoms with Crippen LogP contribution in [0, 0.1) is 44.4 Å². The van der Waals surface area contributed by atoms with Crippen LogP contribution >= 0.6 is 0 Å². The van der Waals surface area contributed by atoms with Crippen LogP contribution in [0.1, 0.15) is 152 Å². The van der Waals surface area contributed by atoms with Crippen molar-refractivity contribution in [1.29, 1.82) is 0 Å². The lowest BCUT2D eigenvalue weighted by molar-refractivity contribution is -0.134. The molecule has 108 heavy (non-hydrogen) atoms. The van der Waals surface area contributed by atoms with Crippen molar-refractivity contribution in [2.45, 2.75) is 136 Å². The highest BCUT2D eigenvalue weighted by atomic mass is 16.6. The Morgan fingerprint density at radius 3 is 0.685 bits per heavy atom. The molecule has 0 spiro atoms. The Labute approximate surface area is 641 Å². The Kier molecular flexibility index (Phi) is 37.5. The zero-order valence-corrected chi connectivity index (χ0v) is 69.1. The molecule has 0 aliphatic carbocycles. The molecular formula is C79H124N12O17. The number of amides is 11. The number of carbonyl (C=O) groups excluding carboxylic acids is 11. The largest absolute Gasteiger partial charge is 0.475 e. The molecule has 0 aliphatic rings. The minimum atomic E-state index is -0.699. The van der Waals surface area contributed by atoms with Crippen LogP contribution in [-0.2, 0) is 87.2 Å². The molecule has 0 aromatic heterocycles. The van der Waals surface area contributed by atoms with Gasteiger partial charge >= 0.3 is 30.5 Å². The fourth-order valence-electron chi connectivity index (χ4n) is 11.5. The van der Waals surface area contributed by atoms with E-state index in [1.54, 1.807) is 145 Å². The van der Waals surface area contributed by atoms with E-state index in [9.17, 15) is 52.7 Å². The van der Waals surface area contributed by atoms with Gasteiger partial charge in [-0.25, -0.2) is 24.0 Å². The maximum atomic E-state index is 14.8. The number of hydrogen-bond donors (Lipinski definition) is 0. The average molecular weight is 1510 g/mol. The molecule has 11 amide bonds. The summed E-state index contributed by atoms with van der Waals surface area (Å²) in [5, 5.41) is 0. The molecule has 0 saturated heterocycles. The van der Waals surface area contributed by atoms with Gasteiger partial charge in [0.05, 0.1) is 11.1 Å². The monoisotopic (exact) mass is 1510 g/mol. The summed E-state index contributed by atoms with van der Waals surface area (Å²) < 4.78 is 35.4. The van der Waals surface area contributed by atoms with Crippen LogP contribution in [0.5, 0.6) is 0 Å². The van der Waals surface area contributed by atoms with Gasteiger partial charge in [0.2, 0.25) is 23.6 Å². The van der Waals surface area contributed by atoms with Crippen molar-refractivity contribution in [3.8, 4) is 0 Å². The van der Waals surface area contributed by atoms with Crippen molar-refractivity contribution in [1.82, 2.24) is 58.8 Å². The maximum absolute atomic E-state index is 14.8. The third-order valence-electron chi connectivity index (χ3n) is 18.3. The molecule has 3 rings (SSSR count). The van der Waals surface area contributed by atoms with Gasteiger partial charge in [0, 0.05) is 209 Å². The number of hydrogen-bond acceptors (Lipinski definition) is 18. The summed E-state index contributed by atoms with van der Waals surface area (Å²) in [6, 6.07) is 10.8. The quantitative estimate of drug-likeness (QED) is 0.0379. The highest BCUT2D eigenvalue weighted by Gasteiger charge is 2.29. The first-order valence-corrected chi connectivity index (χ1v) is 36.7. The summed E-state index contributed by atoms with van der Waals surface area (Å²) in [6.45, 7) is 29.0. The van der Waals surface area contributed by atoms with E-state index in [0.717, 1.165) is 16.7 Å². The SMILES string of the molecule is C=C(OCc1cc(C)cc(COC(=O)N(C)CCN(C)C(=O)C(C)C)c1C(=O)N(C)CCN(C)C(=O)OCc1cc(C)cc(COC(=O)N(C)CCN(C)C(=O)c2c(COC(=O)N(C)CCN(C)C(=O)C(C)C)cc(C)cc2COC(=O)N(C)CCN(C)C(=O)C(C)C)c1C(C)C)N(C)CCN(C)C(=O)C(C)C. The molecule has 3 aromatic carbocycles. The van der Waals surface area contributed by atoms with Crippen molar-refractivity contribution in [3.05, 3.63) is 116 Å². The van der Waals surface area contributed by atoms with Crippen molar-refractivity contribution >= 4 is 65.9 Å². The van der Waals surface area contributed by atoms with Gasteiger partial charge in [0.15, 0.2) is 5.88 Å². The number of likely N-dealkylation sites (N-methyl/N-ethyl adjacent to an activating group) is 12. The first-order valence-electron chi connectivity index (χ1n) is 36.7. The normalized spacial score (nSPS) is 11.1. The Hall–Kier alpha value is -9.83. The highest BCUT2D eigenvalue weighted by Crippen LogP contribution is 2.29. The molecule has 29 heteroatoms. The number of rotatable bonds is 39. The van der Waals surface area contributed by atoms with Gasteiger partial charge in [-0.05, 0) is 50.0 Å². The summed E-state index contributed by atoms with van der Waals surface area (Å²) in [7, 11) is 19.4. The Morgan fingerprint density at radius 1 is 0.278 bits per heavy atom. The predicted octanol–water partition coefficient (Wildman–Crippen LogP) is 9.50. The van der Waals surface area contributed by atoms with Gasteiger partial charge < -0.3 is 87.2 Å². The van der Waals surface area contributed by atoms with E-state index in [1.807, 2.05) is 59.7 Å². The summed E-state index contributed by atoms with van der Waals surface area (Å²) in [4.78, 5) is 165. The second-order valence-corrected chi connectivity index (χ2v) is 29.7. The van der Waals surface area contributed by atoms with E-state index < -0.39 is 42.3 Å². The number of nitrogens with zero attached hydrogens (tertiary/aromatic N) is 12. The summed E-state index contributed by atoms with van der Waals surface area (Å²) in [6.07, 6.45) is -3.42. The van der Waals surface area contributed by atoms with Crippen LogP contribution in [0.2, 0.25) is 0 Å². The lowest BCUT2D eigenvalue weighted by Gasteiger charge is -2.27. The minimum absolute atomic E-state index is 0.00186. The standard InChI is InChI=1S/C79H124N12O17/c1-51(2)66-60(46-104-75(98)90(25)37-32-85(20)73(96)67-62(45-103-59(14)80(15)27-28-81(16)69(92)52(3)4)41-57(12)42-63(67)48-106-77(100)87(22)34-29-82(17)70(93)53(5)6)39-56(11)40-61(66)47-105-76(99)91(26)38-33-86(21)74(97)68-64(49-107-78(101)88(23)35-30-83(18)71(94)54(7)8)43-58(13)44-65(68)50-108-79(102)89(24)36-31-84(19)72(95)55(9)10/h39-44,51-55H,14,27-38,45-50H2,1-13,15-26H3. The average Bonchev–Trinajstić information content (AvgIpc) is 0.825. The first-order chi connectivity index (χ1) is 50.4. The number of benzene rings is 3. The summed E-state index contributed by atoms with van der Waals surface area (Å²) in [5.41, 5.74) is 6.33. The molecule has 0 atom stereocenters. The summed E-state index contributed by atoms with van der Waals surface area (Å²) >= 11 is 0.